The Balaban J connectivity index is 2.51. The number of rotatable bonds is 7. The number of urea groups is 1. The second-order valence-electron chi connectivity index (χ2n) is 5.31. The third-order valence-electron chi connectivity index (χ3n) is 3.68. The molecule has 1 rings (SSSR count). The molecule has 21 heavy (non-hydrogen) atoms. The second kappa shape index (κ2) is 8.29. The van der Waals surface area contributed by atoms with Gasteiger partial charge in [-0.05, 0) is 17.9 Å². The summed E-state index contributed by atoms with van der Waals surface area (Å²) in [6, 6.07) is 8.68. The number of benzene rings is 1. The van der Waals surface area contributed by atoms with E-state index >= 15 is 0 Å². The maximum atomic E-state index is 12.1. The van der Waals surface area contributed by atoms with E-state index in [2.05, 4.69) is 5.32 Å². The summed E-state index contributed by atoms with van der Waals surface area (Å²) in [6.45, 7) is 4.28. The Morgan fingerprint density at radius 1 is 1.29 bits per heavy atom. The smallest absolute Gasteiger partial charge is 0.326 e. The van der Waals surface area contributed by atoms with Gasteiger partial charge in [0, 0.05) is 13.6 Å². The second-order valence-corrected chi connectivity index (χ2v) is 5.31. The van der Waals surface area contributed by atoms with Crippen molar-refractivity contribution in [2.75, 3.05) is 13.6 Å². The van der Waals surface area contributed by atoms with Crippen molar-refractivity contribution in [3.05, 3.63) is 35.9 Å². The lowest BCUT2D eigenvalue weighted by Gasteiger charge is -2.24. The molecule has 0 aromatic heterocycles. The topological polar surface area (TPSA) is 69.6 Å². The van der Waals surface area contributed by atoms with Gasteiger partial charge >= 0.3 is 12.0 Å². The molecule has 1 aromatic rings. The predicted molar refractivity (Wildman–Crippen MR) is 82.2 cm³/mol. The molecule has 116 valence electrons. The Labute approximate surface area is 126 Å². The zero-order valence-electron chi connectivity index (χ0n) is 12.9. The van der Waals surface area contributed by atoms with E-state index in [0.717, 1.165) is 12.0 Å². The summed E-state index contributed by atoms with van der Waals surface area (Å²) in [7, 11) is 1.67. The predicted octanol–water partition coefficient (Wildman–Crippen LogP) is 2.37. The van der Waals surface area contributed by atoms with E-state index in [4.69, 9.17) is 0 Å². The molecule has 0 spiro atoms. The first kappa shape index (κ1) is 17.0. The first-order valence-corrected chi connectivity index (χ1v) is 7.24. The van der Waals surface area contributed by atoms with Crippen LogP contribution in [0.15, 0.2) is 30.3 Å². The third-order valence-corrected chi connectivity index (χ3v) is 3.68. The first-order chi connectivity index (χ1) is 9.95. The van der Waals surface area contributed by atoms with Crippen molar-refractivity contribution in [1.82, 2.24) is 10.2 Å². The van der Waals surface area contributed by atoms with Crippen LogP contribution in [-0.4, -0.2) is 41.6 Å². The maximum absolute atomic E-state index is 12.1. The minimum absolute atomic E-state index is 0.103. The van der Waals surface area contributed by atoms with E-state index in [1.165, 1.54) is 4.90 Å². The van der Waals surface area contributed by atoms with Crippen LogP contribution in [0, 0.1) is 5.92 Å². The van der Waals surface area contributed by atoms with E-state index in [-0.39, 0.29) is 11.9 Å². The van der Waals surface area contributed by atoms with Crippen LogP contribution < -0.4 is 5.32 Å². The van der Waals surface area contributed by atoms with Gasteiger partial charge in [0.2, 0.25) is 0 Å². The Morgan fingerprint density at radius 2 is 1.90 bits per heavy atom. The Hall–Kier alpha value is -2.04. The number of hydrogen-bond donors (Lipinski definition) is 2. The molecule has 0 aliphatic rings. The Morgan fingerprint density at radius 3 is 2.43 bits per heavy atom. The molecule has 2 amide bonds. The van der Waals surface area contributed by atoms with Crippen molar-refractivity contribution in [2.24, 2.45) is 5.92 Å². The van der Waals surface area contributed by atoms with Gasteiger partial charge in [-0.15, -0.1) is 0 Å². The average molecular weight is 292 g/mol. The molecule has 2 atom stereocenters. The van der Waals surface area contributed by atoms with Crippen LogP contribution in [0.2, 0.25) is 0 Å². The fourth-order valence-electron chi connectivity index (χ4n) is 1.97. The van der Waals surface area contributed by atoms with E-state index in [1.807, 2.05) is 44.2 Å². The number of carboxylic acids is 1. The highest BCUT2D eigenvalue weighted by Crippen LogP contribution is 2.08. The lowest BCUT2D eigenvalue weighted by molar-refractivity contribution is -0.140. The minimum Gasteiger partial charge on any atom is -0.480 e. The fourth-order valence-corrected chi connectivity index (χ4v) is 1.97. The van der Waals surface area contributed by atoms with Gasteiger partial charge in [0.05, 0.1) is 0 Å². The summed E-state index contributed by atoms with van der Waals surface area (Å²) >= 11 is 0. The number of aliphatic carboxylic acids is 1. The number of carbonyl (C=O) groups excluding carboxylic acids is 1. The van der Waals surface area contributed by atoms with Crippen molar-refractivity contribution in [2.45, 2.75) is 32.7 Å². The molecule has 0 fully saturated rings. The molecule has 0 heterocycles. The number of amides is 2. The van der Waals surface area contributed by atoms with Crippen LogP contribution in [0.25, 0.3) is 0 Å². The Kier molecular flexibility index (Phi) is 6.72. The summed E-state index contributed by atoms with van der Waals surface area (Å²) in [4.78, 5) is 24.8. The zero-order chi connectivity index (χ0) is 15.8. The number of nitrogens with one attached hydrogen (secondary N) is 1. The summed E-state index contributed by atoms with van der Waals surface area (Å²) in [5.41, 5.74) is 1.15. The van der Waals surface area contributed by atoms with Crippen LogP contribution >= 0.6 is 0 Å². The summed E-state index contributed by atoms with van der Waals surface area (Å²) in [6.07, 6.45) is 1.44. The minimum atomic E-state index is -0.992. The Bertz CT molecular complexity index is 462. The molecule has 0 saturated heterocycles. The van der Waals surface area contributed by atoms with Crippen LogP contribution in [0.3, 0.4) is 0 Å². The van der Waals surface area contributed by atoms with E-state index in [9.17, 15) is 14.7 Å². The van der Waals surface area contributed by atoms with Crippen molar-refractivity contribution >= 4 is 12.0 Å². The number of carboxylic acid groups (broad SMARTS) is 1. The SMILES string of the molecule is CC[C@H](C)[C@H](NC(=O)N(C)CCc1ccccc1)C(=O)O. The third kappa shape index (κ3) is 5.45. The molecule has 0 aliphatic heterocycles. The van der Waals surface area contributed by atoms with E-state index in [1.54, 1.807) is 7.05 Å². The van der Waals surface area contributed by atoms with E-state index in [0.29, 0.717) is 13.0 Å². The zero-order valence-corrected chi connectivity index (χ0v) is 12.9. The van der Waals surface area contributed by atoms with Crippen molar-refractivity contribution < 1.29 is 14.7 Å². The van der Waals surface area contributed by atoms with E-state index < -0.39 is 12.0 Å². The maximum Gasteiger partial charge on any atom is 0.326 e. The highest BCUT2D eigenvalue weighted by Gasteiger charge is 2.26. The normalized spacial score (nSPS) is 13.3. The van der Waals surface area contributed by atoms with Crippen LogP contribution in [0.1, 0.15) is 25.8 Å². The van der Waals surface area contributed by atoms with Gasteiger partial charge in [-0.1, -0.05) is 50.6 Å². The van der Waals surface area contributed by atoms with Gasteiger partial charge < -0.3 is 15.3 Å². The monoisotopic (exact) mass is 292 g/mol. The number of likely N-dealkylation sites (N-methyl/N-ethyl adjacent to an activating group) is 1. The molecule has 0 saturated carbocycles. The number of nitrogens with zero attached hydrogens (tertiary/aromatic N) is 1. The van der Waals surface area contributed by atoms with Crippen molar-refractivity contribution in [3.63, 3.8) is 0 Å². The summed E-state index contributed by atoms with van der Waals surface area (Å²) in [5, 5.41) is 11.8. The van der Waals surface area contributed by atoms with Gasteiger partial charge in [-0.3, -0.25) is 0 Å². The molecular weight excluding hydrogens is 268 g/mol. The lowest BCUT2D eigenvalue weighted by atomic mass is 9.99. The number of hydrogen-bond acceptors (Lipinski definition) is 2. The molecule has 0 radical (unpaired) electrons. The fraction of sp³-hybridized carbons (Fsp3) is 0.500. The summed E-state index contributed by atoms with van der Waals surface area (Å²) in [5.74, 6) is -1.09. The van der Waals surface area contributed by atoms with Gasteiger partial charge in [0.1, 0.15) is 6.04 Å². The standard InChI is InChI=1S/C16H24N2O3/c1-4-12(2)14(15(19)20)17-16(21)18(3)11-10-13-8-6-5-7-9-13/h5-9,12,14H,4,10-11H2,1-3H3,(H,17,21)(H,19,20)/t12-,14-/m0/s1. The van der Waals surface area contributed by atoms with Crippen molar-refractivity contribution in [3.8, 4) is 0 Å². The lowest BCUT2D eigenvalue weighted by Crippen LogP contribution is -2.49. The van der Waals surface area contributed by atoms with Gasteiger partial charge in [-0.2, -0.15) is 0 Å². The first-order valence-electron chi connectivity index (χ1n) is 7.24. The van der Waals surface area contributed by atoms with Crippen LogP contribution in [0.4, 0.5) is 4.79 Å². The molecule has 2 N–H and O–H groups in total. The average Bonchev–Trinajstić information content (AvgIpc) is 2.49. The molecule has 0 aliphatic carbocycles. The van der Waals surface area contributed by atoms with Gasteiger partial charge in [-0.25, -0.2) is 9.59 Å². The van der Waals surface area contributed by atoms with Gasteiger partial charge in [0.15, 0.2) is 0 Å². The highest BCUT2D eigenvalue weighted by molar-refractivity contribution is 5.82. The molecule has 5 heteroatoms. The summed E-state index contributed by atoms with van der Waals surface area (Å²) < 4.78 is 0. The quantitative estimate of drug-likeness (QED) is 0.810. The molecule has 1 aromatic carbocycles. The van der Waals surface area contributed by atoms with Crippen LogP contribution in [-0.2, 0) is 11.2 Å². The van der Waals surface area contributed by atoms with Crippen LogP contribution in [0.5, 0.6) is 0 Å². The molecular formula is C16H24N2O3. The van der Waals surface area contributed by atoms with Gasteiger partial charge in [0.25, 0.3) is 0 Å². The largest absolute Gasteiger partial charge is 0.480 e. The molecule has 0 unspecified atom stereocenters. The number of carbonyl (C=O) groups is 2. The molecule has 5 nitrogen and oxygen atoms in total. The highest BCUT2D eigenvalue weighted by atomic mass is 16.4. The van der Waals surface area contributed by atoms with Crippen molar-refractivity contribution in [1.29, 1.82) is 0 Å². The molecule has 0 bridgehead atoms.